The summed E-state index contributed by atoms with van der Waals surface area (Å²) in [7, 11) is -0.427. The van der Waals surface area contributed by atoms with Crippen molar-refractivity contribution in [2.45, 2.75) is 36.5 Å². The van der Waals surface area contributed by atoms with Crippen molar-refractivity contribution in [3.8, 4) is 0 Å². The van der Waals surface area contributed by atoms with Gasteiger partial charge in [-0.25, -0.2) is 0 Å². The summed E-state index contributed by atoms with van der Waals surface area (Å²) >= 11 is 0. The molecule has 4 rings (SSSR count). The number of hydrogen-bond acceptors (Lipinski definition) is 1. The molecule has 3 aromatic rings. The number of aliphatic hydroxyl groups excluding tert-OH is 1. The van der Waals surface area contributed by atoms with Crippen LogP contribution in [0.25, 0.3) is 0 Å². The maximum Gasteiger partial charge on any atom is 0.0431 e. The number of hydrogen-bond donors (Lipinski definition) is 1. The summed E-state index contributed by atoms with van der Waals surface area (Å²) in [6, 6.07) is 33.2. The molecule has 1 fully saturated rings. The Bertz CT molecular complexity index is 834. The Morgan fingerprint density at radius 2 is 1.41 bits per heavy atom. The van der Waals surface area contributed by atoms with Crippen LogP contribution in [0.1, 0.15) is 42.5 Å². The van der Waals surface area contributed by atoms with Crippen LogP contribution in [0.4, 0.5) is 0 Å². The Balaban J connectivity index is 1.86. The third kappa shape index (κ3) is 3.59. The van der Waals surface area contributed by atoms with Gasteiger partial charge in [-0.1, -0.05) is 98.9 Å². The van der Waals surface area contributed by atoms with Crippen LogP contribution in [0.5, 0.6) is 0 Å². The van der Waals surface area contributed by atoms with E-state index >= 15 is 0 Å². The van der Waals surface area contributed by atoms with Crippen molar-refractivity contribution >= 4 is 13.2 Å². The minimum absolute atomic E-state index is 0.140. The average molecular weight is 374 g/mol. The summed E-state index contributed by atoms with van der Waals surface area (Å²) in [6.45, 7) is 0.266. The lowest BCUT2D eigenvalue weighted by Crippen LogP contribution is -2.25. The van der Waals surface area contributed by atoms with E-state index in [-0.39, 0.29) is 11.8 Å². The first-order valence-corrected chi connectivity index (χ1v) is 11.3. The molecule has 27 heavy (non-hydrogen) atoms. The quantitative estimate of drug-likeness (QED) is 0.525. The first kappa shape index (κ1) is 18.4. The van der Waals surface area contributed by atoms with Crippen molar-refractivity contribution < 1.29 is 5.11 Å². The molecule has 3 aromatic carbocycles. The normalized spacial score (nSPS) is 24.8. The zero-order valence-corrected chi connectivity index (χ0v) is 16.6. The van der Waals surface area contributed by atoms with Crippen molar-refractivity contribution in [3.63, 3.8) is 0 Å². The van der Waals surface area contributed by atoms with Gasteiger partial charge in [0, 0.05) is 17.4 Å². The van der Waals surface area contributed by atoms with E-state index in [9.17, 15) is 5.11 Å². The Morgan fingerprint density at radius 3 is 2.04 bits per heavy atom. The van der Waals surface area contributed by atoms with Crippen molar-refractivity contribution in [2.75, 3.05) is 6.61 Å². The van der Waals surface area contributed by atoms with Crippen LogP contribution in [-0.2, 0) is 5.16 Å². The SMILES string of the molecule is OCCC[C@]1(c2ccccc2)CC[C@@H](c2ccccc2)P1c1ccccc1. The van der Waals surface area contributed by atoms with Gasteiger partial charge in [0.15, 0.2) is 0 Å². The van der Waals surface area contributed by atoms with Gasteiger partial charge in [-0.3, -0.25) is 0 Å². The van der Waals surface area contributed by atoms with Crippen LogP contribution in [0, 0.1) is 0 Å². The molecule has 1 heterocycles. The highest BCUT2D eigenvalue weighted by atomic mass is 31.1. The van der Waals surface area contributed by atoms with E-state index in [0.29, 0.717) is 5.66 Å². The van der Waals surface area contributed by atoms with Crippen LogP contribution in [0.2, 0.25) is 0 Å². The summed E-state index contributed by atoms with van der Waals surface area (Å²) in [5, 5.41) is 11.3. The molecule has 1 N–H and O–H groups in total. The van der Waals surface area contributed by atoms with Crippen molar-refractivity contribution in [1.29, 1.82) is 0 Å². The first-order chi connectivity index (χ1) is 13.3. The molecule has 0 aromatic heterocycles. The number of aliphatic hydroxyl groups is 1. The predicted molar refractivity (Wildman–Crippen MR) is 116 cm³/mol. The summed E-state index contributed by atoms with van der Waals surface area (Å²) in [5.41, 5.74) is 3.49. The molecule has 2 heteroatoms. The number of benzene rings is 3. The highest BCUT2D eigenvalue weighted by Gasteiger charge is 2.49. The zero-order valence-electron chi connectivity index (χ0n) is 15.7. The molecule has 0 aliphatic carbocycles. The topological polar surface area (TPSA) is 20.2 Å². The largest absolute Gasteiger partial charge is 0.396 e. The Kier molecular flexibility index (Phi) is 5.72. The van der Waals surface area contributed by atoms with E-state index in [0.717, 1.165) is 12.8 Å². The molecular formula is C25H27OP. The van der Waals surface area contributed by atoms with E-state index < -0.39 is 7.92 Å². The molecule has 1 nitrogen and oxygen atoms in total. The van der Waals surface area contributed by atoms with Gasteiger partial charge in [0.25, 0.3) is 0 Å². The standard InChI is InChI=1S/C25H27OP/c26-20-10-18-25(22-13-6-2-7-14-22)19-17-24(21-11-4-1-5-12-21)27(25)23-15-8-3-9-16-23/h1-9,11-16,24,26H,10,17-20H2/t24-,25+,27?/m0/s1. The van der Waals surface area contributed by atoms with Crippen molar-refractivity contribution in [2.24, 2.45) is 0 Å². The fourth-order valence-corrected chi connectivity index (χ4v) is 8.72. The third-order valence-electron chi connectivity index (χ3n) is 5.88. The minimum Gasteiger partial charge on any atom is -0.396 e. The van der Waals surface area contributed by atoms with Gasteiger partial charge in [-0.05, 0) is 42.1 Å². The van der Waals surface area contributed by atoms with Crippen LogP contribution in [-0.4, -0.2) is 11.7 Å². The third-order valence-corrected chi connectivity index (χ3v) is 9.54. The van der Waals surface area contributed by atoms with Gasteiger partial charge in [-0.15, -0.1) is 0 Å². The summed E-state index contributed by atoms with van der Waals surface area (Å²) in [5.74, 6) is 0. The number of rotatable bonds is 6. The fourth-order valence-electron chi connectivity index (χ4n) is 4.72. The molecule has 1 aliphatic heterocycles. The summed E-state index contributed by atoms with van der Waals surface area (Å²) in [4.78, 5) is 0. The van der Waals surface area contributed by atoms with E-state index in [1.165, 1.54) is 29.3 Å². The zero-order chi connectivity index (χ0) is 18.5. The Morgan fingerprint density at radius 1 is 0.815 bits per heavy atom. The van der Waals surface area contributed by atoms with Crippen LogP contribution in [0.3, 0.4) is 0 Å². The van der Waals surface area contributed by atoms with Gasteiger partial charge in [0.05, 0.1) is 0 Å². The predicted octanol–water partition coefficient (Wildman–Crippen LogP) is 6.00. The smallest absolute Gasteiger partial charge is 0.0431 e. The molecular weight excluding hydrogens is 347 g/mol. The maximum atomic E-state index is 9.63. The molecule has 0 bridgehead atoms. The molecule has 1 unspecified atom stereocenters. The van der Waals surface area contributed by atoms with Crippen molar-refractivity contribution in [3.05, 3.63) is 102 Å². The lowest BCUT2D eigenvalue weighted by Gasteiger charge is -2.39. The second-order valence-corrected chi connectivity index (χ2v) is 10.1. The Labute approximate surface area is 163 Å². The summed E-state index contributed by atoms with van der Waals surface area (Å²) in [6.07, 6.45) is 4.32. The molecule has 0 radical (unpaired) electrons. The second kappa shape index (κ2) is 8.38. The molecule has 0 spiro atoms. The molecule has 3 atom stereocenters. The molecule has 1 saturated heterocycles. The van der Waals surface area contributed by atoms with Gasteiger partial charge >= 0.3 is 0 Å². The fraction of sp³-hybridized carbons (Fsp3) is 0.280. The molecule has 0 amide bonds. The van der Waals surface area contributed by atoms with E-state index in [4.69, 9.17) is 0 Å². The summed E-state index contributed by atoms with van der Waals surface area (Å²) < 4.78 is 0. The van der Waals surface area contributed by atoms with Gasteiger partial charge in [0.2, 0.25) is 0 Å². The lowest BCUT2D eigenvalue weighted by molar-refractivity contribution is 0.275. The monoisotopic (exact) mass is 374 g/mol. The minimum atomic E-state index is -0.427. The second-order valence-electron chi connectivity index (χ2n) is 7.40. The average Bonchev–Trinajstić information content (AvgIpc) is 3.15. The molecule has 0 saturated carbocycles. The first-order valence-electron chi connectivity index (χ1n) is 9.91. The van der Waals surface area contributed by atoms with E-state index in [2.05, 4.69) is 91.0 Å². The van der Waals surface area contributed by atoms with E-state index in [1.807, 2.05) is 0 Å². The van der Waals surface area contributed by atoms with Gasteiger partial charge < -0.3 is 5.11 Å². The van der Waals surface area contributed by atoms with Crippen LogP contribution >= 0.6 is 7.92 Å². The lowest BCUT2D eigenvalue weighted by atomic mass is 9.88. The van der Waals surface area contributed by atoms with Crippen LogP contribution in [0.15, 0.2) is 91.0 Å². The van der Waals surface area contributed by atoms with Gasteiger partial charge in [0.1, 0.15) is 0 Å². The highest BCUT2D eigenvalue weighted by Crippen LogP contribution is 2.74. The van der Waals surface area contributed by atoms with Crippen LogP contribution < -0.4 is 5.30 Å². The van der Waals surface area contributed by atoms with Gasteiger partial charge in [-0.2, -0.15) is 0 Å². The highest BCUT2D eigenvalue weighted by molar-refractivity contribution is 7.67. The van der Waals surface area contributed by atoms with E-state index in [1.54, 1.807) is 0 Å². The molecule has 138 valence electrons. The van der Waals surface area contributed by atoms with Crippen molar-refractivity contribution in [1.82, 2.24) is 0 Å². The molecule has 1 aliphatic rings. The maximum absolute atomic E-state index is 9.63. The Hall–Kier alpha value is -1.95.